The largest absolute Gasteiger partial charge is 0.332 e. The van der Waals surface area contributed by atoms with Crippen LogP contribution in [0.2, 0.25) is 0 Å². The fourth-order valence-electron chi connectivity index (χ4n) is 2.39. The number of nitrogens with one attached hydrogen (secondary N) is 2. The van der Waals surface area contributed by atoms with Crippen LogP contribution in [0.15, 0.2) is 42.9 Å². The molecule has 128 valence electrons. The molecule has 0 spiro atoms. The van der Waals surface area contributed by atoms with E-state index in [4.69, 9.17) is 0 Å². The predicted molar refractivity (Wildman–Crippen MR) is 96.0 cm³/mol. The maximum absolute atomic E-state index is 12.1. The second-order valence-corrected chi connectivity index (χ2v) is 5.84. The third kappa shape index (κ3) is 4.00. The minimum atomic E-state index is -0.259. The number of hydrogen-bond acceptors (Lipinski definition) is 4. The van der Waals surface area contributed by atoms with Crippen molar-refractivity contribution in [2.75, 3.05) is 5.32 Å². The maximum Gasteiger partial charge on any atom is 0.319 e. The van der Waals surface area contributed by atoms with Crippen molar-refractivity contribution in [2.24, 2.45) is 7.05 Å². The summed E-state index contributed by atoms with van der Waals surface area (Å²) < 4.78 is 1.72. The molecule has 2 heterocycles. The van der Waals surface area contributed by atoms with Gasteiger partial charge in [-0.25, -0.2) is 4.79 Å². The molecular formula is C18H20N6O. The van der Waals surface area contributed by atoms with Gasteiger partial charge in [-0.2, -0.15) is 5.10 Å². The Kier molecular flexibility index (Phi) is 4.74. The fraction of sp³-hybridized carbons (Fsp3) is 0.222. The van der Waals surface area contributed by atoms with Crippen molar-refractivity contribution in [3.63, 3.8) is 0 Å². The van der Waals surface area contributed by atoms with Gasteiger partial charge in [0.25, 0.3) is 0 Å². The van der Waals surface area contributed by atoms with Crippen molar-refractivity contribution >= 4 is 11.7 Å². The number of rotatable bonds is 4. The Morgan fingerprint density at radius 2 is 1.96 bits per heavy atom. The Morgan fingerprint density at radius 1 is 1.12 bits per heavy atom. The molecule has 7 nitrogen and oxygen atoms in total. The van der Waals surface area contributed by atoms with Gasteiger partial charge in [0.05, 0.1) is 18.4 Å². The lowest BCUT2D eigenvalue weighted by molar-refractivity contribution is 0.251. The molecule has 0 fully saturated rings. The first-order valence-electron chi connectivity index (χ1n) is 7.94. The Labute approximate surface area is 146 Å². The summed E-state index contributed by atoms with van der Waals surface area (Å²) in [6, 6.07) is 7.45. The number of urea groups is 1. The van der Waals surface area contributed by atoms with Crippen LogP contribution >= 0.6 is 0 Å². The van der Waals surface area contributed by atoms with Crippen LogP contribution in [0.25, 0.3) is 11.4 Å². The maximum atomic E-state index is 12.1. The van der Waals surface area contributed by atoms with E-state index >= 15 is 0 Å². The highest BCUT2D eigenvalue weighted by molar-refractivity contribution is 5.89. The molecule has 25 heavy (non-hydrogen) atoms. The lowest BCUT2D eigenvalue weighted by Crippen LogP contribution is -2.29. The normalized spacial score (nSPS) is 10.5. The van der Waals surface area contributed by atoms with Gasteiger partial charge in [-0.3, -0.25) is 14.6 Å². The summed E-state index contributed by atoms with van der Waals surface area (Å²) in [6.45, 7) is 4.42. The number of amides is 2. The van der Waals surface area contributed by atoms with Crippen LogP contribution < -0.4 is 10.6 Å². The molecule has 1 aromatic carbocycles. The molecule has 0 saturated heterocycles. The Balaban J connectivity index is 1.62. The average molecular weight is 336 g/mol. The Hall–Kier alpha value is -3.22. The van der Waals surface area contributed by atoms with Gasteiger partial charge in [0.1, 0.15) is 11.4 Å². The average Bonchev–Trinajstić information content (AvgIpc) is 2.98. The van der Waals surface area contributed by atoms with Crippen LogP contribution in [-0.2, 0) is 13.6 Å². The summed E-state index contributed by atoms with van der Waals surface area (Å²) in [5.41, 5.74) is 5.39. The molecule has 0 radical (unpaired) electrons. The fourth-order valence-corrected chi connectivity index (χ4v) is 2.39. The van der Waals surface area contributed by atoms with E-state index in [1.165, 1.54) is 5.56 Å². The molecule has 7 heteroatoms. The molecule has 0 aliphatic carbocycles. The molecule has 0 aliphatic heterocycles. The number of hydrogen-bond donors (Lipinski definition) is 2. The third-order valence-electron chi connectivity index (χ3n) is 4.00. The van der Waals surface area contributed by atoms with E-state index in [0.29, 0.717) is 12.2 Å². The summed E-state index contributed by atoms with van der Waals surface area (Å²) in [4.78, 5) is 20.4. The van der Waals surface area contributed by atoms with Gasteiger partial charge in [-0.05, 0) is 43.2 Å². The van der Waals surface area contributed by atoms with Gasteiger partial charge in [-0.15, -0.1) is 0 Å². The zero-order chi connectivity index (χ0) is 17.8. The second kappa shape index (κ2) is 7.12. The predicted octanol–water partition coefficient (Wildman–Crippen LogP) is 2.82. The van der Waals surface area contributed by atoms with Crippen LogP contribution in [0, 0.1) is 13.8 Å². The summed E-state index contributed by atoms with van der Waals surface area (Å²) in [5, 5.41) is 10.1. The first-order chi connectivity index (χ1) is 12.0. The molecule has 0 bridgehead atoms. The number of carbonyl (C=O) groups is 1. The minimum absolute atomic E-state index is 0.259. The lowest BCUT2D eigenvalue weighted by atomic mass is 10.1. The SMILES string of the molecule is Cc1ccc(NC(=O)NCc2cc(-c3cnccn3)nn2C)cc1C. The quantitative estimate of drug-likeness (QED) is 0.767. The van der Waals surface area contributed by atoms with Gasteiger partial charge in [0, 0.05) is 25.1 Å². The number of carbonyl (C=O) groups excluding carboxylic acids is 1. The van der Waals surface area contributed by atoms with Gasteiger partial charge < -0.3 is 10.6 Å². The standard InChI is InChI=1S/C18H20N6O/c1-12-4-5-14(8-13(12)2)22-18(25)21-10-15-9-16(23-24(15)3)17-11-19-6-7-20-17/h4-9,11H,10H2,1-3H3,(H2,21,22,25). The molecule has 3 aromatic rings. The van der Waals surface area contributed by atoms with Crippen molar-refractivity contribution in [3.8, 4) is 11.4 Å². The molecule has 0 aliphatic rings. The summed E-state index contributed by atoms with van der Waals surface area (Å²) in [5.74, 6) is 0. The first-order valence-corrected chi connectivity index (χ1v) is 7.94. The number of anilines is 1. The first kappa shape index (κ1) is 16.6. The van der Waals surface area contributed by atoms with Crippen molar-refractivity contribution in [1.29, 1.82) is 0 Å². The van der Waals surface area contributed by atoms with Crippen molar-refractivity contribution in [3.05, 3.63) is 59.7 Å². The summed E-state index contributed by atoms with van der Waals surface area (Å²) in [7, 11) is 1.83. The van der Waals surface area contributed by atoms with Gasteiger partial charge >= 0.3 is 6.03 Å². The smallest absolute Gasteiger partial charge is 0.319 e. The molecule has 2 amide bonds. The Bertz CT molecular complexity index is 888. The highest BCUT2D eigenvalue weighted by Gasteiger charge is 2.10. The van der Waals surface area contributed by atoms with Crippen LogP contribution in [0.5, 0.6) is 0 Å². The summed E-state index contributed by atoms with van der Waals surface area (Å²) >= 11 is 0. The monoisotopic (exact) mass is 336 g/mol. The molecule has 0 atom stereocenters. The highest BCUT2D eigenvalue weighted by atomic mass is 16.2. The minimum Gasteiger partial charge on any atom is -0.332 e. The molecule has 0 unspecified atom stereocenters. The van der Waals surface area contributed by atoms with E-state index < -0.39 is 0 Å². The van der Waals surface area contributed by atoms with Crippen LogP contribution in [0.1, 0.15) is 16.8 Å². The zero-order valence-electron chi connectivity index (χ0n) is 14.4. The van der Waals surface area contributed by atoms with Gasteiger partial charge in [0.2, 0.25) is 0 Å². The van der Waals surface area contributed by atoms with E-state index in [9.17, 15) is 4.79 Å². The third-order valence-corrected chi connectivity index (χ3v) is 4.00. The second-order valence-electron chi connectivity index (χ2n) is 5.84. The van der Waals surface area contributed by atoms with E-state index in [1.54, 1.807) is 23.3 Å². The number of benzene rings is 1. The van der Waals surface area contributed by atoms with E-state index in [2.05, 4.69) is 25.7 Å². The van der Waals surface area contributed by atoms with Crippen LogP contribution in [-0.4, -0.2) is 25.8 Å². The number of nitrogens with zero attached hydrogens (tertiary/aromatic N) is 4. The van der Waals surface area contributed by atoms with Crippen molar-refractivity contribution in [1.82, 2.24) is 25.1 Å². The number of aryl methyl sites for hydroxylation is 3. The van der Waals surface area contributed by atoms with Gasteiger partial charge in [0.15, 0.2) is 0 Å². The van der Waals surface area contributed by atoms with Crippen LogP contribution in [0.3, 0.4) is 0 Å². The topological polar surface area (TPSA) is 84.7 Å². The van der Waals surface area contributed by atoms with E-state index in [-0.39, 0.29) is 6.03 Å². The lowest BCUT2D eigenvalue weighted by Gasteiger charge is -2.09. The molecule has 2 aromatic heterocycles. The van der Waals surface area contributed by atoms with Gasteiger partial charge in [-0.1, -0.05) is 6.07 Å². The summed E-state index contributed by atoms with van der Waals surface area (Å²) in [6.07, 6.45) is 4.90. The molecule has 2 N–H and O–H groups in total. The van der Waals surface area contributed by atoms with Crippen molar-refractivity contribution < 1.29 is 4.79 Å². The molecular weight excluding hydrogens is 316 g/mol. The molecule has 3 rings (SSSR count). The Morgan fingerprint density at radius 3 is 2.68 bits per heavy atom. The number of aromatic nitrogens is 4. The van der Waals surface area contributed by atoms with E-state index in [0.717, 1.165) is 22.6 Å². The highest BCUT2D eigenvalue weighted by Crippen LogP contribution is 2.16. The van der Waals surface area contributed by atoms with Crippen molar-refractivity contribution in [2.45, 2.75) is 20.4 Å². The zero-order valence-corrected chi connectivity index (χ0v) is 14.4. The van der Waals surface area contributed by atoms with E-state index in [1.807, 2.05) is 45.2 Å². The molecule has 0 saturated carbocycles. The van der Waals surface area contributed by atoms with Crippen LogP contribution in [0.4, 0.5) is 10.5 Å².